The number of piperazine rings is 1. The van der Waals surface area contributed by atoms with Crippen molar-refractivity contribution in [1.82, 2.24) is 9.62 Å². The number of esters is 1. The highest BCUT2D eigenvalue weighted by Crippen LogP contribution is 2.26. The van der Waals surface area contributed by atoms with Gasteiger partial charge < -0.3 is 10.1 Å². The van der Waals surface area contributed by atoms with Crippen molar-refractivity contribution in [3.05, 3.63) is 28.8 Å². The third kappa shape index (κ3) is 3.72. The first kappa shape index (κ1) is 19.2. The molecular weight excluding hydrogens is 351 g/mol. The van der Waals surface area contributed by atoms with Gasteiger partial charge in [0.1, 0.15) is 0 Å². The third-order valence-electron chi connectivity index (χ3n) is 3.37. The Kier molecular flexibility index (Phi) is 6.64. The maximum Gasteiger partial charge on any atom is 0.339 e. The molecule has 2 rings (SSSR count). The first-order valence-corrected chi connectivity index (χ1v) is 8.30. The number of nitrogens with one attached hydrogen (secondary N) is 1. The lowest BCUT2D eigenvalue weighted by Gasteiger charge is -2.33. The summed E-state index contributed by atoms with van der Waals surface area (Å²) in [5.74, 6) is -0.723. The number of sulfonamides is 1. The van der Waals surface area contributed by atoms with E-state index in [9.17, 15) is 13.2 Å². The number of halogens is 2. The number of nitrogens with zero attached hydrogens (tertiary/aromatic N) is 1. The van der Waals surface area contributed by atoms with E-state index >= 15 is 0 Å². The summed E-state index contributed by atoms with van der Waals surface area (Å²) in [6.45, 7) is 3.31. The van der Waals surface area contributed by atoms with Crippen molar-refractivity contribution in [2.24, 2.45) is 0 Å². The Hall–Kier alpha value is -0.860. The summed E-state index contributed by atoms with van der Waals surface area (Å²) in [4.78, 5) is 11.7. The highest BCUT2D eigenvalue weighted by atomic mass is 35.5. The fourth-order valence-electron chi connectivity index (χ4n) is 2.30. The maximum absolute atomic E-state index is 12.8. The molecule has 1 fully saturated rings. The van der Waals surface area contributed by atoms with E-state index in [4.69, 9.17) is 11.6 Å². The highest BCUT2D eigenvalue weighted by molar-refractivity contribution is 7.89. The largest absolute Gasteiger partial charge is 0.465 e. The van der Waals surface area contributed by atoms with Gasteiger partial charge in [0.15, 0.2) is 0 Å². The lowest BCUT2D eigenvalue weighted by molar-refractivity contribution is 0.0596. The Labute approximate surface area is 141 Å². The zero-order chi connectivity index (χ0) is 15.6. The molecule has 0 saturated carbocycles. The Morgan fingerprint density at radius 1 is 1.45 bits per heavy atom. The van der Waals surface area contributed by atoms with Crippen molar-refractivity contribution in [2.45, 2.75) is 17.9 Å². The van der Waals surface area contributed by atoms with E-state index in [1.165, 1.54) is 29.6 Å². The first-order chi connectivity index (χ1) is 9.87. The minimum Gasteiger partial charge on any atom is -0.465 e. The summed E-state index contributed by atoms with van der Waals surface area (Å²) >= 11 is 5.86. The lowest BCUT2D eigenvalue weighted by atomic mass is 10.2. The van der Waals surface area contributed by atoms with Gasteiger partial charge in [0.25, 0.3) is 0 Å². The van der Waals surface area contributed by atoms with Crippen LogP contribution in [0.3, 0.4) is 0 Å². The van der Waals surface area contributed by atoms with Crippen molar-refractivity contribution in [1.29, 1.82) is 0 Å². The molecule has 1 aliphatic heterocycles. The van der Waals surface area contributed by atoms with Gasteiger partial charge in [-0.05, 0) is 25.1 Å². The highest BCUT2D eigenvalue weighted by Gasteiger charge is 2.34. The molecule has 0 radical (unpaired) electrons. The number of hydrogen-bond donors (Lipinski definition) is 1. The van der Waals surface area contributed by atoms with E-state index in [0.29, 0.717) is 19.6 Å². The van der Waals surface area contributed by atoms with Crippen LogP contribution in [0.15, 0.2) is 23.1 Å². The van der Waals surface area contributed by atoms with Crippen molar-refractivity contribution < 1.29 is 17.9 Å². The second kappa shape index (κ2) is 7.61. The van der Waals surface area contributed by atoms with E-state index in [2.05, 4.69) is 10.1 Å². The Bertz CT molecular complexity index is 651. The molecule has 0 aliphatic carbocycles. The summed E-state index contributed by atoms with van der Waals surface area (Å²) in [5, 5.41) is 3.41. The first-order valence-electron chi connectivity index (χ1n) is 6.48. The van der Waals surface area contributed by atoms with Crippen LogP contribution >= 0.6 is 24.0 Å². The number of carbonyl (C=O) groups is 1. The standard InChI is InChI=1S/C13H17ClN2O4S.ClH/c1-9-8-15-5-6-16(9)21(18,19)12-4-3-10(14)7-11(12)13(17)20-2;/h3-4,7,9,15H,5-6,8H2,1-2H3;1H. The molecule has 124 valence electrons. The molecule has 1 aromatic rings. The normalized spacial score (nSPS) is 19.3. The minimum absolute atomic E-state index is 0. The van der Waals surface area contributed by atoms with Gasteiger partial charge in [-0.15, -0.1) is 12.4 Å². The van der Waals surface area contributed by atoms with Crippen molar-refractivity contribution >= 4 is 40.0 Å². The Balaban J connectivity index is 0.00000242. The van der Waals surface area contributed by atoms with Gasteiger partial charge in [0.2, 0.25) is 10.0 Å². The maximum atomic E-state index is 12.8. The van der Waals surface area contributed by atoms with Crippen LogP contribution in [0.25, 0.3) is 0 Å². The van der Waals surface area contributed by atoms with Crippen molar-refractivity contribution in [3.63, 3.8) is 0 Å². The molecule has 1 N–H and O–H groups in total. The summed E-state index contributed by atoms with van der Waals surface area (Å²) in [6.07, 6.45) is 0. The number of rotatable bonds is 3. The van der Waals surface area contributed by atoms with Gasteiger partial charge in [0, 0.05) is 30.7 Å². The Morgan fingerprint density at radius 3 is 2.73 bits per heavy atom. The molecule has 0 aromatic heterocycles. The average Bonchev–Trinajstić information content (AvgIpc) is 2.46. The molecule has 22 heavy (non-hydrogen) atoms. The lowest BCUT2D eigenvalue weighted by Crippen LogP contribution is -2.52. The average molecular weight is 369 g/mol. The van der Waals surface area contributed by atoms with E-state index in [1.54, 1.807) is 0 Å². The molecular formula is C13H18Cl2N2O4S. The molecule has 0 amide bonds. The molecule has 1 saturated heterocycles. The summed E-state index contributed by atoms with van der Waals surface area (Å²) < 4.78 is 31.6. The topological polar surface area (TPSA) is 75.7 Å². The van der Waals surface area contributed by atoms with Crippen molar-refractivity contribution in [3.8, 4) is 0 Å². The van der Waals surface area contributed by atoms with Gasteiger partial charge in [-0.3, -0.25) is 0 Å². The second-order valence-electron chi connectivity index (χ2n) is 4.80. The molecule has 1 aromatic carbocycles. The molecule has 1 unspecified atom stereocenters. The van der Waals surface area contributed by atoms with Gasteiger partial charge in [-0.1, -0.05) is 11.6 Å². The number of ether oxygens (including phenoxy) is 1. The molecule has 1 atom stereocenters. The van der Waals surface area contributed by atoms with Crippen LogP contribution in [-0.4, -0.2) is 51.5 Å². The smallest absolute Gasteiger partial charge is 0.339 e. The van der Waals surface area contributed by atoms with Crippen LogP contribution in [0.5, 0.6) is 0 Å². The van der Waals surface area contributed by atoms with E-state index < -0.39 is 16.0 Å². The van der Waals surface area contributed by atoms with Crippen LogP contribution < -0.4 is 5.32 Å². The summed E-state index contributed by atoms with van der Waals surface area (Å²) in [7, 11) is -2.58. The number of methoxy groups -OCH3 is 1. The zero-order valence-electron chi connectivity index (χ0n) is 12.2. The minimum atomic E-state index is -3.78. The van der Waals surface area contributed by atoms with E-state index in [-0.39, 0.29) is 33.9 Å². The predicted octanol–water partition coefficient (Wildman–Crippen LogP) is 1.53. The quantitative estimate of drug-likeness (QED) is 0.818. The van der Waals surface area contributed by atoms with Gasteiger partial charge in [-0.25, -0.2) is 13.2 Å². The number of carbonyl (C=O) groups excluding carboxylic acids is 1. The van der Waals surface area contributed by atoms with Gasteiger partial charge in [-0.2, -0.15) is 4.31 Å². The van der Waals surface area contributed by atoms with Crippen LogP contribution in [0.1, 0.15) is 17.3 Å². The SMILES string of the molecule is COC(=O)c1cc(Cl)ccc1S(=O)(=O)N1CCNCC1C.Cl. The predicted molar refractivity (Wildman–Crippen MR) is 86.3 cm³/mol. The van der Waals surface area contributed by atoms with Crippen LogP contribution in [0.4, 0.5) is 0 Å². The van der Waals surface area contributed by atoms with Crippen LogP contribution in [0.2, 0.25) is 5.02 Å². The molecule has 1 aliphatic rings. The fourth-order valence-corrected chi connectivity index (χ4v) is 4.27. The van der Waals surface area contributed by atoms with Gasteiger partial charge in [0.05, 0.1) is 17.6 Å². The third-order valence-corrected chi connectivity index (χ3v) is 5.68. The zero-order valence-corrected chi connectivity index (χ0v) is 14.6. The fraction of sp³-hybridized carbons (Fsp3) is 0.462. The summed E-state index contributed by atoms with van der Waals surface area (Å²) in [6, 6.07) is 3.92. The van der Waals surface area contributed by atoms with E-state index in [1.807, 2.05) is 6.92 Å². The molecule has 0 bridgehead atoms. The van der Waals surface area contributed by atoms with Crippen LogP contribution in [-0.2, 0) is 14.8 Å². The summed E-state index contributed by atoms with van der Waals surface area (Å²) in [5.41, 5.74) is -0.0456. The van der Waals surface area contributed by atoms with Gasteiger partial charge >= 0.3 is 5.97 Å². The second-order valence-corrected chi connectivity index (χ2v) is 7.10. The van der Waals surface area contributed by atoms with E-state index in [0.717, 1.165) is 0 Å². The van der Waals surface area contributed by atoms with Crippen LogP contribution in [0, 0.1) is 0 Å². The molecule has 1 heterocycles. The number of benzene rings is 1. The molecule has 0 spiro atoms. The molecule has 9 heteroatoms. The number of hydrogen-bond acceptors (Lipinski definition) is 5. The van der Waals surface area contributed by atoms with Crippen molar-refractivity contribution in [2.75, 3.05) is 26.7 Å². The monoisotopic (exact) mass is 368 g/mol. The Morgan fingerprint density at radius 2 is 2.14 bits per heavy atom. The molecule has 6 nitrogen and oxygen atoms in total.